The summed E-state index contributed by atoms with van der Waals surface area (Å²) in [6.07, 6.45) is 12.0. The summed E-state index contributed by atoms with van der Waals surface area (Å²) in [7, 11) is 1.99. The molecule has 1 unspecified atom stereocenters. The minimum atomic E-state index is 0.274. The van der Waals surface area contributed by atoms with Crippen LogP contribution in [0.1, 0.15) is 49.0 Å². The molecule has 4 heteroatoms. The molecule has 106 valence electrons. The van der Waals surface area contributed by atoms with E-state index in [1.165, 1.54) is 31.2 Å². The van der Waals surface area contributed by atoms with Crippen LogP contribution < -0.4 is 5.32 Å². The van der Waals surface area contributed by atoms with E-state index in [-0.39, 0.29) is 6.04 Å². The van der Waals surface area contributed by atoms with Gasteiger partial charge in [-0.2, -0.15) is 5.10 Å². The molecule has 0 aliphatic heterocycles. The third-order valence-corrected chi connectivity index (χ3v) is 4.21. The Balaban J connectivity index is 1.70. The van der Waals surface area contributed by atoms with Crippen LogP contribution in [-0.2, 0) is 6.42 Å². The molecule has 20 heavy (non-hydrogen) atoms. The van der Waals surface area contributed by atoms with Gasteiger partial charge in [-0.15, -0.1) is 0 Å². The molecular weight excluding hydrogens is 248 g/mol. The molecule has 3 rings (SSSR count). The van der Waals surface area contributed by atoms with Crippen molar-refractivity contribution in [3.05, 3.63) is 48.0 Å². The maximum absolute atomic E-state index is 4.76. The van der Waals surface area contributed by atoms with Gasteiger partial charge in [0.1, 0.15) is 0 Å². The largest absolute Gasteiger partial charge is 0.313 e. The summed E-state index contributed by atoms with van der Waals surface area (Å²) in [4.78, 5) is 4.20. The minimum Gasteiger partial charge on any atom is -0.313 e. The average Bonchev–Trinajstić information content (AvgIpc) is 3.16. The first kappa shape index (κ1) is 13.3. The lowest BCUT2D eigenvalue weighted by atomic mass is 10.0. The van der Waals surface area contributed by atoms with Gasteiger partial charge >= 0.3 is 0 Å². The predicted molar refractivity (Wildman–Crippen MR) is 79.5 cm³/mol. The van der Waals surface area contributed by atoms with Crippen LogP contribution in [0.15, 0.2) is 36.8 Å². The van der Waals surface area contributed by atoms with E-state index < -0.39 is 0 Å². The smallest absolute Gasteiger partial charge is 0.0643 e. The van der Waals surface area contributed by atoms with Gasteiger partial charge in [0.05, 0.1) is 11.7 Å². The van der Waals surface area contributed by atoms with E-state index in [0.29, 0.717) is 6.04 Å². The van der Waals surface area contributed by atoms with E-state index in [4.69, 9.17) is 5.10 Å². The fourth-order valence-electron chi connectivity index (χ4n) is 3.04. The van der Waals surface area contributed by atoms with Crippen molar-refractivity contribution in [1.82, 2.24) is 20.1 Å². The minimum absolute atomic E-state index is 0.274. The van der Waals surface area contributed by atoms with E-state index in [2.05, 4.69) is 33.3 Å². The van der Waals surface area contributed by atoms with E-state index in [9.17, 15) is 0 Å². The Hall–Kier alpha value is -1.68. The summed E-state index contributed by atoms with van der Waals surface area (Å²) in [6, 6.07) is 7.14. The van der Waals surface area contributed by atoms with Crippen LogP contribution in [0, 0.1) is 0 Å². The highest BCUT2D eigenvalue weighted by atomic mass is 15.3. The van der Waals surface area contributed by atoms with Crippen LogP contribution in [0.25, 0.3) is 0 Å². The van der Waals surface area contributed by atoms with E-state index in [0.717, 1.165) is 12.1 Å². The second-order valence-electron chi connectivity index (χ2n) is 5.56. The highest BCUT2D eigenvalue weighted by Crippen LogP contribution is 2.29. The molecule has 2 aromatic heterocycles. The fourth-order valence-corrected chi connectivity index (χ4v) is 3.04. The molecule has 2 aromatic rings. The van der Waals surface area contributed by atoms with Crippen molar-refractivity contribution in [2.24, 2.45) is 0 Å². The van der Waals surface area contributed by atoms with Crippen molar-refractivity contribution in [2.75, 3.05) is 7.05 Å². The Morgan fingerprint density at radius 3 is 2.90 bits per heavy atom. The van der Waals surface area contributed by atoms with Gasteiger partial charge in [0.2, 0.25) is 0 Å². The Labute approximate surface area is 120 Å². The zero-order chi connectivity index (χ0) is 13.8. The second-order valence-corrected chi connectivity index (χ2v) is 5.56. The van der Waals surface area contributed by atoms with Gasteiger partial charge in [-0.1, -0.05) is 18.9 Å². The SMILES string of the molecule is CNC(Cc1ccn(C2CCCC2)n1)c1cccnc1. The summed E-state index contributed by atoms with van der Waals surface area (Å²) < 4.78 is 2.16. The molecule has 1 saturated carbocycles. The molecule has 2 heterocycles. The van der Waals surface area contributed by atoms with Crippen LogP contribution in [0.4, 0.5) is 0 Å². The zero-order valence-electron chi connectivity index (χ0n) is 12.0. The molecular formula is C16H22N4. The fraction of sp³-hybridized carbons (Fsp3) is 0.500. The molecule has 0 bridgehead atoms. The molecule has 0 spiro atoms. The lowest BCUT2D eigenvalue weighted by Crippen LogP contribution is -2.19. The molecule has 0 amide bonds. The van der Waals surface area contributed by atoms with Gasteiger partial charge in [-0.3, -0.25) is 9.67 Å². The number of likely N-dealkylation sites (N-methyl/N-ethyl adjacent to an activating group) is 1. The van der Waals surface area contributed by atoms with E-state index in [1.54, 1.807) is 0 Å². The Morgan fingerprint density at radius 1 is 1.35 bits per heavy atom. The first-order valence-corrected chi connectivity index (χ1v) is 7.48. The summed E-state index contributed by atoms with van der Waals surface area (Å²) in [6.45, 7) is 0. The van der Waals surface area contributed by atoms with Crippen molar-refractivity contribution >= 4 is 0 Å². The molecule has 1 atom stereocenters. The van der Waals surface area contributed by atoms with Gasteiger partial charge in [-0.05, 0) is 37.6 Å². The van der Waals surface area contributed by atoms with Gasteiger partial charge in [-0.25, -0.2) is 0 Å². The lowest BCUT2D eigenvalue weighted by Gasteiger charge is -2.15. The monoisotopic (exact) mass is 270 g/mol. The maximum Gasteiger partial charge on any atom is 0.0643 e. The van der Waals surface area contributed by atoms with Gasteiger partial charge in [0.25, 0.3) is 0 Å². The van der Waals surface area contributed by atoms with Crippen molar-refractivity contribution in [1.29, 1.82) is 0 Å². The Bertz CT molecular complexity index is 528. The Morgan fingerprint density at radius 2 is 2.20 bits per heavy atom. The third kappa shape index (κ3) is 2.90. The summed E-state index contributed by atoms with van der Waals surface area (Å²) >= 11 is 0. The number of pyridine rings is 1. The van der Waals surface area contributed by atoms with Gasteiger partial charge in [0.15, 0.2) is 0 Å². The van der Waals surface area contributed by atoms with Gasteiger partial charge < -0.3 is 5.32 Å². The Kier molecular flexibility index (Phi) is 4.11. The first-order chi connectivity index (χ1) is 9.86. The standard InChI is InChI=1S/C16H22N4/c1-17-16(13-5-4-9-18-12-13)11-14-8-10-20(19-14)15-6-2-3-7-15/h4-5,8-10,12,15-17H,2-3,6-7,11H2,1H3. The van der Waals surface area contributed by atoms with Crippen molar-refractivity contribution in [2.45, 2.75) is 44.2 Å². The molecule has 4 nitrogen and oxygen atoms in total. The molecule has 1 aliphatic rings. The van der Waals surface area contributed by atoms with Crippen molar-refractivity contribution in [3.63, 3.8) is 0 Å². The maximum atomic E-state index is 4.76. The molecule has 0 radical (unpaired) electrons. The highest BCUT2D eigenvalue weighted by Gasteiger charge is 2.18. The van der Waals surface area contributed by atoms with Crippen LogP contribution in [0.5, 0.6) is 0 Å². The van der Waals surface area contributed by atoms with Crippen LogP contribution in [-0.4, -0.2) is 21.8 Å². The zero-order valence-corrected chi connectivity index (χ0v) is 12.0. The lowest BCUT2D eigenvalue weighted by molar-refractivity contribution is 0.459. The van der Waals surface area contributed by atoms with Crippen molar-refractivity contribution < 1.29 is 0 Å². The first-order valence-electron chi connectivity index (χ1n) is 7.48. The molecule has 1 N–H and O–H groups in total. The molecule has 1 fully saturated rings. The molecule has 0 aromatic carbocycles. The number of nitrogens with one attached hydrogen (secondary N) is 1. The van der Waals surface area contributed by atoms with Crippen LogP contribution in [0.2, 0.25) is 0 Å². The predicted octanol–water partition coefficient (Wildman–Crippen LogP) is 2.90. The summed E-state index contributed by atoms with van der Waals surface area (Å²) in [5.41, 5.74) is 2.37. The average molecular weight is 270 g/mol. The number of nitrogens with zero attached hydrogens (tertiary/aromatic N) is 3. The number of rotatable bonds is 5. The van der Waals surface area contributed by atoms with E-state index in [1.807, 2.05) is 25.5 Å². The molecule has 0 saturated heterocycles. The second kappa shape index (κ2) is 6.18. The normalized spacial score (nSPS) is 17.4. The third-order valence-electron chi connectivity index (χ3n) is 4.21. The van der Waals surface area contributed by atoms with Crippen LogP contribution in [0.3, 0.4) is 0 Å². The quantitative estimate of drug-likeness (QED) is 0.908. The summed E-state index contributed by atoms with van der Waals surface area (Å²) in [5.74, 6) is 0. The van der Waals surface area contributed by atoms with Gasteiger partial charge in [0, 0.05) is 31.1 Å². The number of aromatic nitrogens is 3. The van der Waals surface area contributed by atoms with Crippen molar-refractivity contribution in [3.8, 4) is 0 Å². The van der Waals surface area contributed by atoms with Crippen LogP contribution >= 0.6 is 0 Å². The number of hydrogen-bond donors (Lipinski definition) is 1. The van der Waals surface area contributed by atoms with E-state index >= 15 is 0 Å². The highest BCUT2D eigenvalue weighted by molar-refractivity contribution is 5.16. The topological polar surface area (TPSA) is 42.7 Å². The number of hydrogen-bond acceptors (Lipinski definition) is 3. The summed E-state index contributed by atoms with van der Waals surface area (Å²) in [5, 5.41) is 8.12. The molecule has 1 aliphatic carbocycles.